The van der Waals surface area contributed by atoms with Gasteiger partial charge >= 0.3 is 6.18 Å². The molecule has 0 saturated carbocycles. The maximum atomic E-state index is 13.2. The zero-order chi connectivity index (χ0) is 20.6. The third kappa shape index (κ3) is 4.07. The van der Waals surface area contributed by atoms with Gasteiger partial charge in [0.05, 0.1) is 21.6 Å². The molecule has 0 bridgehead atoms. The summed E-state index contributed by atoms with van der Waals surface area (Å²) >= 11 is 6.20. The summed E-state index contributed by atoms with van der Waals surface area (Å²) in [5, 5.41) is 0.310. The summed E-state index contributed by atoms with van der Waals surface area (Å²) in [6, 6.07) is 16.3. The molecule has 0 spiro atoms. The van der Waals surface area contributed by atoms with E-state index >= 15 is 0 Å². The number of hydrogen-bond acceptors (Lipinski definition) is 2. The molecule has 4 rings (SSSR count). The van der Waals surface area contributed by atoms with Gasteiger partial charge in [-0.25, -0.2) is 4.98 Å². The van der Waals surface area contributed by atoms with Gasteiger partial charge in [-0.15, -0.1) is 0 Å². The lowest BCUT2D eigenvalue weighted by atomic mass is 10.1. The van der Waals surface area contributed by atoms with Gasteiger partial charge in [-0.1, -0.05) is 35.9 Å². The van der Waals surface area contributed by atoms with Crippen LogP contribution in [0.15, 0.2) is 60.7 Å². The quantitative estimate of drug-likeness (QED) is 0.397. The number of ether oxygens (including phenoxy) is 1. The summed E-state index contributed by atoms with van der Waals surface area (Å²) in [6.45, 7) is 1.74. The average Bonchev–Trinajstić information content (AvgIpc) is 3.10. The second kappa shape index (κ2) is 7.44. The van der Waals surface area contributed by atoms with Crippen molar-refractivity contribution in [2.24, 2.45) is 0 Å². The van der Waals surface area contributed by atoms with Crippen molar-refractivity contribution in [2.45, 2.75) is 19.7 Å². The average molecular weight is 417 g/mol. The molecule has 1 heterocycles. The Labute approximate surface area is 170 Å². The lowest BCUT2D eigenvalue weighted by molar-refractivity contribution is -0.138. The zero-order valence-electron chi connectivity index (χ0n) is 15.3. The van der Waals surface area contributed by atoms with E-state index in [0.717, 1.165) is 28.2 Å². The summed E-state index contributed by atoms with van der Waals surface area (Å²) < 4.78 is 45.2. The van der Waals surface area contributed by atoms with Crippen molar-refractivity contribution in [3.05, 3.63) is 82.4 Å². The van der Waals surface area contributed by atoms with E-state index in [1.54, 1.807) is 24.3 Å². The number of aromatic nitrogens is 2. The molecule has 0 atom stereocenters. The third-order valence-electron chi connectivity index (χ3n) is 4.55. The predicted octanol–water partition coefficient (Wildman–Crippen LogP) is 6.79. The van der Waals surface area contributed by atoms with Crippen molar-refractivity contribution < 1.29 is 17.9 Å². The van der Waals surface area contributed by atoms with Crippen LogP contribution in [0.5, 0.6) is 5.75 Å². The zero-order valence-corrected chi connectivity index (χ0v) is 16.1. The number of nitrogens with zero attached hydrogens (tertiary/aromatic N) is 1. The van der Waals surface area contributed by atoms with E-state index in [-0.39, 0.29) is 17.9 Å². The Balaban J connectivity index is 1.62. The predicted molar refractivity (Wildman–Crippen MR) is 107 cm³/mol. The van der Waals surface area contributed by atoms with Gasteiger partial charge in [-0.2, -0.15) is 13.2 Å². The number of imidazole rings is 1. The van der Waals surface area contributed by atoms with Gasteiger partial charge in [-0.3, -0.25) is 0 Å². The molecular weight excluding hydrogens is 401 g/mol. The van der Waals surface area contributed by atoms with Crippen molar-refractivity contribution in [1.82, 2.24) is 9.97 Å². The fraction of sp³-hybridized carbons (Fsp3) is 0.136. The number of benzene rings is 3. The summed E-state index contributed by atoms with van der Waals surface area (Å²) in [5.41, 5.74) is 2.87. The van der Waals surface area contributed by atoms with Crippen LogP contribution in [0.1, 0.15) is 16.7 Å². The fourth-order valence-electron chi connectivity index (χ4n) is 3.10. The number of hydrogen-bond donors (Lipinski definition) is 1. The molecule has 0 fully saturated rings. The molecule has 29 heavy (non-hydrogen) atoms. The van der Waals surface area contributed by atoms with Crippen LogP contribution in [0.25, 0.3) is 22.4 Å². The first kappa shape index (κ1) is 19.3. The van der Waals surface area contributed by atoms with Gasteiger partial charge in [0.2, 0.25) is 0 Å². The van der Waals surface area contributed by atoms with Gasteiger partial charge in [0.1, 0.15) is 18.2 Å². The third-order valence-corrected chi connectivity index (χ3v) is 4.86. The first-order valence-corrected chi connectivity index (χ1v) is 9.23. The molecule has 3 aromatic carbocycles. The Hall–Kier alpha value is -2.99. The topological polar surface area (TPSA) is 37.9 Å². The Morgan fingerprint density at radius 3 is 2.62 bits per heavy atom. The second-order valence-corrected chi connectivity index (χ2v) is 7.10. The van der Waals surface area contributed by atoms with Crippen LogP contribution in [-0.4, -0.2) is 9.97 Å². The van der Waals surface area contributed by atoms with Gasteiger partial charge in [0.25, 0.3) is 0 Å². The molecule has 0 saturated heterocycles. The maximum absolute atomic E-state index is 13.2. The van der Waals surface area contributed by atoms with Crippen molar-refractivity contribution >= 4 is 22.6 Å². The molecule has 0 aliphatic heterocycles. The van der Waals surface area contributed by atoms with Crippen molar-refractivity contribution in [1.29, 1.82) is 0 Å². The molecule has 3 nitrogen and oxygen atoms in total. The summed E-state index contributed by atoms with van der Waals surface area (Å²) in [4.78, 5) is 7.80. The summed E-state index contributed by atoms with van der Waals surface area (Å²) in [7, 11) is 0. The van der Waals surface area contributed by atoms with E-state index in [1.807, 2.05) is 25.1 Å². The highest BCUT2D eigenvalue weighted by Crippen LogP contribution is 2.34. The standard InChI is InChI=1S/C22H16ClF3N2O/c1-13-6-9-18-19(10-13)28-21(27-18)14-7-8-17(23)20(11-14)29-12-15-4-2-3-5-16(15)22(24,25)26/h2-11H,12H2,1H3,(H,27,28). The number of H-pyrrole nitrogens is 1. The molecule has 0 radical (unpaired) electrons. The van der Waals surface area contributed by atoms with Crippen molar-refractivity contribution in [3.8, 4) is 17.1 Å². The number of aromatic amines is 1. The minimum absolute atomic E-state index is 0.0423. The molecule has 4 aromatic rings. The normalized spacial score (nSPS) is 11.8. The summed E-state index contributed by atoms with van der Waals surface area (Å²) in [6.07, 6.45) is -4.45. The number of rotatable bonds is 4. The van der Waals surface area contributed by atoms with Gasteiger partial charge in [-0.05, 0) is 48.9 Å². The van der Waals surface area contributed by atoms with Crippen LogP contribution in [0.3, 0.4) is 0 Å². The van der Waals surface area contributed by atoms with E-state index in [1.165, 1.54) is 12.1 Å². The van der Waals surface area contributed by atoms with E-state index < -0.39 is 11.7 Å². The second-order valence-electron chi connectivity index (χ2n) is 6.69. The number of fused-ring (bicyclic) bond motifs is 1. The van der Waals surface area contributed by atoms with E-state index in [9.17, 15) is 13.2 Å². The van der Waals surface area contributed by atoms with Crippen LogP contribution in [0, 0.1) is 6.92 Å². The fourth-order valence-corrected chi connectivity index (χ4v) is 3.27. The van der Waals surface area contributed by atoms with Crippen LogP contribution < -0.4 is 4.74 Å². The Morgan fingerprint density at radius 2 is 1.83 bits per heavy atom. The SMILES string of the molecule is Cc1ccc2nc(-c3ccc(Cl)c(OCc4ccccc4C(F)(F)F)c3)[nH]c2c1. The molecule has 7 heteroatoms. The molecule has 1 aromatic heterocycles. The highest BCUT2D eigenvalue weighted by atomic mass is 35.5. The van der Waals surface area contributed by atoms with Crippen LogP contribution in [0.4, 0.5) is 13.2 Å². The van der Waals surface area contributed by atoms with Gasteiger partial charge in [0, 0.05) is 11.1 Å². The Kier molecular flexibility index (Phi) is 4.96. The van der Waals surface area contributed by atoms with E-state index in [4.69, 9.17) is 16.3 Å². The molecule has 1 N–H and O–H groups in total. The minimum Gasteiger partial charge on any atom is -0.487 e. The smallest absolute Gasteiger partial charge is 0.416 e. The highest BCUT2D eigenvalue weighted by molar-refractivity contribution is 6.32. The molecule has 0 unspecified atom stereocenters. The van der Waals surface area contributed by atoms with E-state index in [2.05, 4.69) is 9.97 Å². The van der Waals surface area contributed by atoms with Crippen molar-refractivity contribution in [2.75, 3.05) is 0 Å². The van der Waals surface area contributed by atoms with Crippen LogP contribution >= 0.6 is 11.6 Å². The first-order valence-electron chi connectivity index (χ1n) is 8.85. The number of nitrogens with one attached hydrogen (secondary N) is 1. The highest BCUT2D eigenvalue weighted by Gasteiger charge is 2.33. The van der Waals surface area contributed by atoms with Gasteiger partial charge < -0.3 is 9.72 Å². The van der Waals surface area contributed by atoms with Gasteiger partial charge in [0.15, 0.2) is 0 Å². The number of halogens is 4. The van der Waals surface area contributed by atoms with Crippen LogP contribution in [0.2, 0.25) is 5.02 Å². The molecule has 0 amide bonds. The first-order chi connectivity index (χ1) is 13.8. The monoisotopic (exact) mass is 416 g/mol. The van der Waals surface area contributed by atoms with Crippen LogP contribution in [-0.2, 0) is 12.8 Å². The molecule has 148 valence electrons. The largest absolute Gasteiger partial charge is 0.487 e. The lowest BCUT2D eigenvalue weighted by Gasteiger charge is -2.14. The Morgan fingerprint density at radius 1 is 1.03 bits per heavy atom. The molecular formula is C22H16ClF3N2O. The molecule has 0 aliphatic rings. The number of alkyl halides is 3. The van der Waals surface area contributed by atoms with Crippen molar-refractivity contribution in [3.63, 3.8) is 0 Å². The number of aryl methyl sites for hydroxylation is 1. The molecule has 0 aliphatic carbocycles. The van der Waals surface area contributed by atoms with E-state index in [0.29, 0.717) is 10.8 Å². The maximum Gasteiger partial charge on any atom is 0.416 e. The lowest BCUT2D eigenvalue weighted by Crippen LogP contribution is -2.10. The summed E-state index contributed by atoms with van der Waals surface area (Å²) in [5.74, 6) is 0.917. The minimum atomic E-state index is -4.45. The Bertz CT molecular complexity index is 1180.